The molecule has 0 radical (unpaired) electrons. The van der Waals surface area contributed by atoms with Crippen molar-refractivity contribution in [1.82, 2.24) is 4.98 Å². The molecule has 3 nitrogen and oxygen atoms in total. The van der Waals surface area contributed by atoms with Crippen LogP contribution in [0.4, 0.5) is 0 Å². The Bertz CT molecular complexity index is 563. The fourth-order valence-electron chi connectivity index (χ4n) is 2.09. The number of hydrogen-bond acceptors (Lipinski definition) is 2. The predicted molar refractivity (Wildman–Crippen MR) is 74.1 cm³/mol. The Morgan fingerprint density at radius 3 is 2.42 bits per heavy atom. The number of nitrogens with zero attached hydrogens (tertiary/aromatic N) is 1. The number of hydrogen-bond donors (Lipinski definition) is 1. The van der Waals surface area contributed by atoms with Gasteiger partial charge in [-0.05, 0) is 31.5 Å². The van der Waals surface area contributed by atoms with Gasteiger partial charge < -0.3 is 5.11 Å². The van der Waals surface area contributed by atoms with Crippen molar-refractivity contribution < 1.29 is 9.90 Å². The van der Waals surface area contributed by atoms with Gasteiger partial charge in [0.1, 0.15) is 0 Å². The number of carboxylic acid groups (broad SMARTS) is 1. The third-order valence-corrected chi connectivity index (χ3v) is 3.42. The molecule has 0 amide bonds. The molecule has 0 bridgehead atoms. The first-order chi connectivity index (χ1) is 9.02. The lowest BCUT2D eigenvalue weighted by molar-refractivity contribution is -0.143. The average Bonchev–Trinajstić information content (AvgIpc) is 2.40. The molecule has 1 heterocycles. The van der Waals surface area contributed by atoms with Crippen molar-refractivity contribution in [3.63, 3.8) is 0 Å². The fourth-order valence-corrected chi connectivity index (χ4v) is 2.09. The van der Waals surface area contributed by atoms with Crippen LogP contribution in [0.1, 0.15) is 23.7 Å². The minimum atomic E-state index is -0.956. The van der Waals surface area contributed by atoms with Gasteiger partial charge in [-0.1, -0.05) is 35.9 Å². The number of carboxylic acids is 1. The van der Waals surface area contributed by atoms with Crippen LogP contribution in [0, 0.1) is 6.92 Å². The maximum atomic E-state index is 11.7. The predicted octanol–water partition coefficient (Wildman–Crippen LogP) is 2.98. The summed E-state index contributed by atoms with van der Waals surface area (Å²) in [6, 6.07) is 13.2. The van der Waals surface area contributed by atoms with E-state index in [1.165, 1.54) is 0 Å². The molecule has 3 heteroatoms. The number of carbonyl (C=O) groups is 1. The summed E-state index contributed by atoms with van der Waals surface area (Å²) in [7, 11) is 0. The van der Waals surface area contributed by atoms with Crippen molar-refractivity contribution in [3.8, 4) is 0 Å². The lowest BCUT2D eigenvalue weighted by atomic mass is 9.78. The molecular weight excluding hydrogens is 238 g/mol. The highest BCUT2D eigenvalue weighted by atomic mass is 16.4. The first-order valence-electron chi connectivity index (χ1n) is 6.23. The normalized spacial score (nSPS) is 13.8. The second-order valence-corrected chi connectivity index (χ2v) is 5.00. The Morgan fingerprint density at radius 2 is 1.89 bits per heavy atom. The van der Waals surface area contributed by atoms with E-state index in [0.29, 0.717) is 6.42 Å². The van der Waals surface area contributed by atoms with Crippen LogP contribution in [0.15, 0.2) is 48.7 Å². The molecule has 2 rings (SSSR count). The zero-order chi connectivity index (χ0) is 13.9. The largest absolute Gasteiger partial charge is 0.481 e. The van der Waals surface area contributed by atoms with Gasteiger partial charge in [0.2, 0.25) is 0 Å². The first-order valence-corrected chi connectivity index (χ1v) is 6.23. The Labute approximate surface area is 112 Å². The third-order valence-electron chi connectivity index (χ3n) is 3.42. The molecule has 1 unspecified atom stereocenters. The van der Waals surface area contributed by atoms with Gasteiger partial charge in [-0.15, -0.1) is 0 Å². The van der Waals surface area contributed by atoms with Crippen molar-refractivity contribution in [1.29, 1.82) is 0 Å². The van der Waals surface area contributed by atoms with Gasteiger partial charge in [0.15, 0.2) is 0 Å². The molecule has 0 aliphatic heterocycles. The van der Waals surface area contributed by atoms with Crippen molar-refractivity contribution in [2.45, 2.75) is 25.7 Å². The van der Waals surface area contributed by atoms with E-state index >= 15 is 0 Å². The summed E-state index contributed by atoms with van der Waals surface area (Å²) in [6.45, 7) is 3.73. The molecule has 1 N–H and O–H groups in total. The molecule has 0 aliphatic rings. The molecule has 1 aromatic heterocycles. The number of aliphatic carboxylic acids is 1. The Hall–Kier alpha value is -2.16. The summed E-state index contributed by atoms with van der Waals surface area (Å²) < 4.78 is 0. The molecule has 0 saturated carbocycles. The van der Waals surface area contributed by atoms with Crippen LogP contribution in [-0.2, 0) is 16.6 Å². The smallest absolute Gasteiger partial charge is 0.314 e. The number of aromatic nitrogens is 1. The third kappa shape index (κ3) is 2.81. The van der Waals surface area contributed by atoms with Gasteiger partial charge in [0, 0.05) is 18.3 Å². The van der Waals surface area contributed by atoms with Crippen LogP contribution in [0.2, 0.25) is 0 Å². The fraction of sp³-hybridized carbons (Fsp3) is 0.250. The Balaban J connectivity index is 2.38. The maximum Gasteiger partial charge on any atom is 0.314 e. The van der Waals surface area contributed by atoms with Gasteiger partial charge >= 0.3 is 5.97 Å². The van der Waals surface area contributed by atoms with Crippen LogP contribution in [-0.4, -0.2) is 16.1 Å². The molecule has 0 aliphatic carbocycles. The molecule has 19 heavy (non-hydrogen) atoms. The lowest BCUT2D eigenvalue weighted by Gasteiger charge is -2.25. The summed E-state index contributed by atoms with van der Waals surface area (Å²) >= 11 is 0. The van der Waals surface area contributed by atoms with Gasteiger partial charge in [0.25, 0.3) is 0 Å². The van der Waals surface area contributed by atoms with E-state index < -0.39 is 11.4 Å². The van der Waals surface area contributed by atoms with Gasteiger partial charge in [-0.25, -0.2) is 0 Å². The number of pyridine rings is 1. The summed E-state index contributed by atoms with van der Waals surface area (Å²) in [5, 5.41) is 9.59. The van der Waals surface area contributed by atoms with Gasteiger partial charge in [-0.2, -0.15) is 0 Å². The molecule has 1 atom stereocenters. The molecule has 0 saturated heterocycles. The van der Waals surface area contributed by atoms with Crippen LogP contribution < -0.4 is 0 Å². The molecule has 98 valence electrons. The number of benzene rings is 1. The van der Waals surface area contributed by atoms with E-state index in [0.717, 1.165) is 16.8 Å². The minimum absolute atomic E-state index is 0.381. The Kier molecular flexibility index (Phi) is 3.65. The van der Waals surface area contributed by atoms with E-state index in [2.05, 4.69) is 4.98 Å². The first kappa shape index (κ1) is 13.3. The second-order valence-electron chi connectivity index (χ2n) is 5.00. The lowest BCUT2D eigenvalue weighted by Crippen LogP contribution is -2.35. The maximum absolute atomic E-state index is 11.7. The van der Waals surface area contributed by atoms with E-state index in [9.17, 15) is 9.90 Å². The van der Waals surface area contributed by atoms with Gasteiger partial charge in [0.05, 0.1) is 5.41 Å². The van der Waals surface area contributed by atoms with Crippen LogP contribution in [0.3, 0.4) is 0 Å². The molecule has 2 aromatic rings. The summed E-state index contributed by atoms with van der Waals surface area (Å²) in [6.07, 6.45) is 2.07. The zero-order valence-electron chi connectivity index (χ0n) is 11.1. The Morgan fingerprint density at radius 1 is 1.21 bits per heavy atom. The SMILES string of the molecule is Cc1ccc(C(C)(Cc2ccccn2)C(=O)O)cc1. The average molecular weight is 255 g/mol. The van der Waals surface area contributed by atoms with Crippen LogP contribution >= 0.6 is 0 Å². The van der Waals surface area contributed by atoms with Crippen molar-refractivity contribution in [2.75, 3.05) is 0 Å². The van der Waals surface area contributed by atoms with E-state index in [4.69, 9.17) is 0 Å². The zero-order valence-corrected chi connectivity index (χ0v) is 11.1. The molecular formula is C16H17NO2. The van der Waals surface area contributed by atoms with E-state index in [1.54, 1.807) is 13.1 Å². The topological polar surface area (TPSA) is 50.2 Å². The summed E-state index contributed by atoms with van der Waals surface area (Å²) in [4.78, 5) is 15.9. The van der Waals surface area contributed by atoms with Gasteiger partial charge in [-0.3, -0.25) is 9.78 Å². The van der Waals surface area contributed by atoms with E-state index in [-0.39, 0.29) is 0 Å². The quantitative estimate of drug-likeness (QED) is 0.913. The standard InChI is InChI=1S/C16H17NO2/c1-12-6-8-13(9-7-12)16(2,15(18)19)11-14-5-3-4-10-17-14/h3-10H,11H2,1-2H3,(H,18,19). The highest BCUT2D eigenvalue weighted by Gasteiger charge is 2.35. The molecule has 1 aromatic carbocycles. The number of aryl methyl sites for hydroxylation is 1. The second kappa shape index (κ2) is 5.22. The number of rotatable bonds is 4. The summed E-state index contributed by atoms with van der Waals surface area (Å²) in [5.74, 6) is -0.831. The van der Waals surface area contributed by atoms with Crippen molar-refractivity contribution in [3.05, 3.63) is 65.5 Å². The molecule has 0 fully saturated rings. The monoisotopic (exact) mass is 255 g/mol. The summed E-state index contributed by atoms with van der Waals surface area (Å²) in [5.41, 5.74) is 1.75. The highest BCUT2D eigenvalue weighted by molar-refractivity contribution is 5.81. The van der Waals surface area contributed by atoms with Crippen molar-refractivity contribution in [2.24, 2.45) is 0 Å². The van der Waals surface area contributed by atoms with E-state index in [1.807, 2.05) is 49.4 Å². The van der Waals surface area contributed by atoms with Crippen molar-refractivity contribution >= 4 is 5.97 Å². The molecule has 0 spiro atoms. The highest BCUT2D eigenvalue weighted by Crippen LogP contribution is 2.28. The van der Waals surface area contributed by atoms with Crippen LogP contribution in [0.25, 0.3) is 0 Å². The minimum Gasteiger partial charge on any atom is -0.481 e. The van der Waals surface area contributed by atoms with Crippen LogP contribution in [0.5, 0.6) is 0 Å².